The number of hydrogen-bond acceptors (Lipinski definition) is 5. The maximum atomic E-state index is 5.95. The number of ether oxygens (including phenoxy) is 1. The first kappa shape index (κ1) is 13.0. The first-order valence-corrected chi connectivity index (χ1v) is 5.37. The van der Waals surface area contributed by atoms with Gasteiger partial charge in [0.15, 0.2) is 5.82 Å². The summed E-state index contributed by atoms with van der Waals surface area (Å²) in [6, 6.07) is 0.289. The smallest absolute Gasteiger partial charge is 0.318 e. The van der Waals surface area contributed by atoms with E-state index < -0.39 is 0 Å². The Labute approximate surface area is 100 Å². The van der Waals surface area contributed by atoms with Crippen LogP contribution in [0.2, 0.25) is 5.02 Å². The summed E-state index contributed by atoms with van der Waals surface area (Å²) in [5.74, 6) is 0.565. The van der Waals surface area contributed by atoms with Gasteiger partial charge in [-0.15, -0.1) is 0 Å². The number of nitrogens with one attached hydrogen (secondary N) is 1. The highest BCUT2D eigenvalue weighted by Gasteiger charge is 2.16. The van der Waals surface area contributed by atoms with Crippen molar-refractivity contribution >= 4 is 17.4 Å². The van der Waals surface area contributed by atoms with Crippen LogP contribution in [0.5, 0.6) is 6.01 Å². The maximum absolute atomic E-state index is 5.95. The van der Waals surface area contributed by atoms with Gasteiger partial charge in [-0.1, -0.05) is 25.4 Å². The molecule has 0 spiro atoms. The van der Waals surface area contributed by atoms with Gasteiger partial charge >= 0.3 is 6.01 Å². The van der Waals surface area contributed by atoms with Gasteiger partial charge < -0.3 is 15.8 Å². The lowest BCUT2D eigenvalue weighted by Gasteiger charge is -2.23. The monoisotopic (exact) mass is 244 g/mol. The third-order valence-electron chi connectivity index (χ3n) is 2.19. The van der Waals surface area contributed by atoms with Crippen LogP contribution in [-0.2, 0) is 0 Å². The van der Waals surface area contributed by atoms with Gasteiger partial charge in [-0.2, -0.15) is 4.98 Å². The van der Waals surface area contributed by atoms with E-state index >= 15 is 0 Å². The van der Waals surface area contributed by atoms with Gasteiger partial charge in [0, 0.05) is 6.54 Å². The molecular weight excluding hydrogens is 228 g/mol. The highest BCUT2D eigenvalue weighted by Crippen LogP contribution is 2.22. The second-order valence-electron chi connectivity index (χ2n) is 4.28. The van der Waals surface area contributed by atoms with Crippen LogP contribution in [0.15, 0.2) is 6.20 Å². The highest BCUT2D eigenvalue weighted by atomic mass is 35.5. The van der Waals surface area contributed by atoms with Gasteiger partial charge in [0.2, 0.25) is 0 Å². The van der Waals surface area contributed by atoms with E-state index in [1.54, 1.807) is 0 Å². The Balaban J connectivity index is 2.73. The summed E-state index contributed by atoms with van der Waals surface area (Å²) in [6.07, 6.45) is 1.51. The number of hydrogen-bond donors (Lipinski definition) is 2. The quantitative estimate of drug-likeness (QED) is 0.822. The predicted molar refractivity (Wildman–Crippen MR) is 64.9 cm³/mol. The molecule has 0 fully saturated rings. The van der Waals surface area contributed by atoms with Crippen LogP contribution in [-0.4, -0.2) is 30.2 Å². The van der Waals surface area contributed by atoms with Crippen molar-refractivity contribution in [3.05, 3.63) is 11.2 Å². The van der Waals surface area contributed by atoms with Gasteiger partial charge in [0.1, 0.15) is 5.02 Å². The zero-order valence-corrected chi connectivity index (χ0v) is 10.5. The zero-order chi connectivity index (χ0) is 12.2. The van der Waals surface area contributed by atoms with E-state index in [1.165, 1.54) is 13.3 Å². The maximum Gasteiger partial charge on any atom is 0.318 e. The van der Waals surface area contributed by atoms with Crippen LogP contribution in [0.3, 0.4) is 0 Å². The molecule has 0 amide bonds. The molecule has 0 saturated heterocycles. The number of nitrogens with zero attached hydrogens (tertiary/aromatic N) is 2. The fraction of sp³-hybridized carbons (Fsp3) is 0.600. The fourth-order valence-electron chi connectivity index (χ4n) is 0.968. The molecule has 1 rings (SSSR count). The molecule has 0 unspecified atom stereocenters. The standard InChI is InChI=1S/C10H17ClN4O/c1-10(2,5-12)6-14-8-7(11)4-13-9(15-8)16-3/h4H,5-6,12H2,1-3H3,(H,13,14,15). The van der Waals surface area contributed by atoms with Crippen LogP contribution >= 0.6 is 11.6 Å². The lowest BCUT2D eigenvalue weighted by molar-refractivity contribution is 0.379. The molecule has 0 bridgehead atoms. The Hall–Kier alpha value is -1.07. The Kier molecular flexibility index (Phi) is 4.32. The van der Waals surface area contributed by atoms with E-state index in [2.05, 4.69) is 29.1 Å². The largest absolute Gasteiger partial charge is 0.467 e. The lowest BCUT2D eigenvalue weighted by Crippen LogP contribution is -2.31. The van der Waals surface area contributed by atoms with Crippen molar-refractivity contribution in [3.63, 3.8) is 0 Å². The summed E-state index contributed by atoms with van der Waals surface area (Å²) < 4.78 is 4.92. The number of nitrogens with two attached hydrogens (primary N) is 1. The van der Waals surface area contributed by atoms with Crippen molar-refractivity contribution in [1.29, 1.82) is 0 Å². The van der Waals surface area contributed by atoms with E-state index in [0.717, 1.165) is 0 Å². The third kappa shape index (κ3) is 3.50. The average Bonchev–Trinajstić information content (AvgIpc) is 2.28. The second-order valence-corrected chi connectivity index (χ2v) is 4.68. The van der Waals surface area contributed by atoms with Crippen LogP contribution < -0.4 is 15.8 Å². The molecule has 1 aromatic rings. The van der Waals surface area contributed by atoms with E-state index in [9.17, 15) is 0 Å². The molecular formula is C10H17ClN4O. The Bertz CT molecular complexity index is 357. The molecule has 0 aliphatic heterocycles. The summed E-state index contributed by atoms with van der Waals surface area (Å²) in [5, 5.41) is 3.60. The Morgan fingerprint density at radius 1 is 1.56 bits per heavy atom. The topological polar surface area (TPSA) is 73.1 Å². The fourth-order valence-corrected chi connectivity index (χ4v) is 1.13. The Morgan fingerprint density at radius 3 is 2.81 bits per heavy atom. The molecule has 6 heteroatoms. The van der Waals surface area contributed by atoms with Crippen molar-refractivity contribution in [3.8, 4) is 6.01 Å². The molecule has 0 atom stereocenters. The van der Waals surface area contributed by atoms with Crippen molar-refractivity contribution in [2.24, 2.45) is 11.1 Å². The molecule has 0 aliphatic carbocycles. The predicted octanol–water partition coefficient (Wildman–Crippen LogP) is 1.54. The minimum Gasteiger partial charge on any atom is -0.467 e. The summed E-state index contributed by atoms with van der Waals surface area (Å²) in [4.78, 5) is 8.00. The minimum absolute atomic E-state index is 0.0124. The lowest BCUT2D eigenvalue weighted by atomic mass is 9.94. The highest BCUT2D eigenvalue weighted by molar-refractivity contribution is 6.32. The molecule has 0 radical (unpaired) electrons. The first-order chi connectivity index (χ1) is 7.48. The van der Waals surface area contributed by atoms with Crippen molar-refractivity contribution in [2.75, 3.05) is 25.5 Å². The number of anilines is 1. The van der Waals surface area contributed by atoms with E-state index in [0.29, 0.717) is 23.9 Å². The van der Waals surface area contributed by atoms with Gasteiger partial charge in [-0.05, 0) is 12.0 Å². The van der Waals surface area contributed by atoms with Crippen molar-refractivity contribution < 1.29 is 4.74 Å². The summed E-state index contributed by atoms with van der Waals surface area (Å²) >= 11 is 5.95. The molecule has 3 N–H and O–H groups in total. The molecule has 0 saturated carbocycles. The van der Waals surface area contributed by atoms with Gasteiger partial charge in [0.05, 0.1) is 13.3 Å². The molecule has 90 valence electrons. The third-order valence-corrected chi connectivity index (χ3v) is 2.47. The molecule has 1 heterocycles. The first-order valence-electron chi connectivity index (χ1n) is 4.99. The average molecular weight is 245 g/mol. The van der Waals surface area contributed by atoms with Crippen LogP contribution in [0.1, 0.15) is 13.8 Å². The van der Waals surface area contributed by atoms with Crippen molar-refractivity contribution in [2.45, 2.75) is 13.8 Å². The summed E-state index contributed by atoms with van der Waals surface area (Å²) in [5.41, 5.74) is 5.62. The SMILES string of the molecule is COc1ncc(Cl)c(NCC(C)(C)CN)n1. The number of methoxy groups -OCH3 is 1. The zero-order valence-electron chi connectivity index (χ0n) is 9.75. The van der Waals surface area contributed by atoms with Gasteiger partial charge in [-0.25, -0.2) is 4.98 Å². The second kappa shape index (κ2) is 5.32. The van der Waals surface area contributed by atoms with Crippen molar-refractivity contribution in [1.82, 2.24) is 9.97 Å². The van der Waals surface area contributed by atoms with Gasteiger partial charge in [-0.3, -0.25) is 0 Å². The summed E-state index contributed by atoms with van der Waals surface area (Å²) in [6.45, 7) is 5.39. The molecule has 0 aromatic carbocycles. The van der Waals surface area contributed by atoms with E-state index in [-0.39, 0.29) is 11.4 Å². The molecule has 1 aromatic heterocycles. The number of halogens is 1. The molecule has 16 heavy (non-hydrogen) atoms. The van der Waals surface area contributed by atoms with E-state index in [4.69, 9.17) is 22.1 Å². The normalized spacial score (nSPS) is 11.3. The minimum atomic E-state index is -0.0124. The molecule has 5 nitrogen and oxygen atoms in total. The van der Waals surface area contributed by atoms with Gasteiger partial charge in [0.25, 0.3) is 0 Å². The van der Waals surface area contributed by atoms with Crippen LogP contribution in [0.4, 0.5) is 5.82 Å². The van der Waals surface area contributed by atoms with E-state index in [1.807, 2.05) is 0 Å². The number of rotatable bonds is 5. The Morgan fingerprint density at radius 2 is 2.25 bits per heavy atom. The van der Waals surface area contributed by atoms with Crippen LogP contribution in [0, 0.1) is 5.41 Å². The van der Waals surface area contributed by atoms with Crippen LogP contribution in [0.25, 0.3) is 0 Å². The number of aromatic nitrogens is 2. The molecule has 0 aliphatic rings. The summed E-state index contributed by atoms with van der Waals surface area (Å²) in [7, 11) is 1.51.